The standard InChI is InChI=1S/C36H39F3N6O2/c1-4-25-28(38)8-7-21-15-24(46)16-26(31(21)25)33-32(39)34-27(18-40-33)35(43(3)23-10-14-44(20-23)30(47)5-2)42-29(41-34)9-12-36-11-6-13-45(36)19-22(37)17-36/h5,7-8,15-16,18,22-23,46H,2,4,6,9-14,17,19-20H2,1,3H3/t22-,23-,36-/m1/s1. The van der Waals surface area contributed by atoms with Crippen LogP contribution in [-0.4, -0.2) is 86.7 Å². The summed E-state index contributed by atoms with van der Waals surface area (Å²) in [6.45, 7) is 7.78. The zero-order valence-electron chi connectivity index (χ0n) is 26.8. The number of pyridine rings is 1. The number of benzene rings is 2. The van der Waals surface area contributed by atoms with E-state index in [1.807, 2.05) is 18.9 Å². The number of alkyl halides is 1. The van der Waals surface area contributed by atoms with Crippen molar-refractivity contribution in [2.75, 3.05) is 38.1 Å². The lowest BCUT2D eigenvalue weighted by atomic mass is 9.88. The van der Waals surface area contributed by atoms with E-state index in [0.29, 0.717) is 85.1 Å². The van der Waals surface area contributed by atoms with Gasteiger partial charge in [0.15, 0.2) is 5.82 Å². The molecule has 0 unspecified atom stereocenters. The number of likely N-dealkylation sites (N-methyl/N-ethyl adjacent to an activating group) is 1. The third-order valence-electron chi connectivity index (χ3n) is 10.6. The summed E-state index contributed by atoms with van der Waals surface area (Å²) < 4.78 is 46.4. The van der Waals surface area contributed by atoms with Crippen LogP contribution >= 0.6 is 0 Å². The Morgan fingerprint density at radius 1 is 1.21 bits per heavy atom. The number of carbonyl (C=O) groups excluding carboxylic acids is 1. The lowest BCUT2D eigenvalue weighted by Crippen LogP contribution is -2.38. The summed E-state index contributed by atoms with van der Waals surface area (Å²) in [7, 11) is 1.88. The van der Waals surface area contributed by atoms with E-state index in [-0.39, 0.29) is 40.0 Å². The molecule has 11 heteroatoms. The Hall–Kier alpha value is -4.25. The van der Waals surface area contributed by atoms with Gasteiger partial charge in [0.05, 0.1) is 5.39 Å². The number of aryl methyl sites for hydroxylation is 2. The summed E-state index contributed by atoms with van der Waals surface area (Å²) in [6.07, 6.45) is 6.53. The van der Waals surface area contributed by atoms with Gasteiger partial charge in [0.2, 0.25) is 5.91 Å². The third-order valence-corrected chi connectivity index (χ3v) is 10.6. The summed E-state index contributed by atoms with van der Waals surface area (Å²) in [5.41, 5.74) is 0.466. The Morgan fingerprint density at radius 3 is 2.83 bits per heavy atom. The molecule has 5 heterocycles. The summed E-state index contributed by atoms with van der Waals surface area (Å²) in [5, 5.41) is 12.1. The molecule has 0 bridgehead atoms. The number of nitrogens with zero attached hydrogens (tertiary/aromatic N) is 6. The first-order valence-electron chi connectivity index (χ1n) is 16.5. The minimum atomic E-state index is -0.862. The van der Waals surface area contributed by atoms with Crippen LogP contribution in [0.1, 0.15) is 50.4 Å². The molecule has 1 N–H and O–H groups in total. The maximum Gasteiger partial charge on any atom is 0.246 e. The van der Waals surface area contributed by atoms with Crippen molar-refractivity contribution in [3.05, 3.63) is 66.1 Å². The summed E-state index contributed by atoms with van der Waals surface area (Å²) in [4.78, 5) is 32.5. The fourth-order valence-electron chi connectivity index (χ4n) is 8.20. The molecule has 7 rings (SSSR count). The topological polar surface area (TPSA) is 85.7 Å². The first kappa shape index (κ1) is 31.4. The number of amides is 1. The first-order chi connectivity index (χ1) is 22.6. The monoisotopic (exact) mass is 644 g/mol. The second-order valence-electron chi connectivity index (χ2n) is 13.2. The minimum absolute atomic E-state index is 0.0443. The lowest BCUT2D eigenvalue weighted by Gasteiger charge is -2.32. The molecule has 2 aromatic heterocycles. The predicted octanol–water partition coefficient (Wildman–Crippen LogP) is 6.12. The maximum absolute atomic E-state index is 16.9. The molecule has 0 saturated carbocycles. The van der Waals surface area contributed by atoms with Crippen molar-refractivity contribution in [1.82, 2.24) is 24.8 Å². The number of rotatable bonds is 8. The highest BCUT2D eigenvalue weighted by Gasteiger charge is 2.48. The highest BCUT2D eigenvalue weighted by Crippen LogP contribution is 2.44. The van der Waals surface area contributed by atoms with Crippen LogP contribution in [0.15, 0.2) is 43.1 Å². The van der Waals surface area contributed by atoms with E-state index in [1.54, 1.807) is 11.0 Å². The number of hydrogen-bond donors (Lipinski definition) is 1. The summed E-state index contributed by atoms with van der Waals surface area (Å²) >= 11 is 0. The SMILES string of the molecule is C=CC(=O)N1CC[C@@H](N(C)c2nc(CC[C@@]34CCCN3C[C@H](F)C4)nc3c(F)c(-c4cc(O)cc5ccc(F)c(CC)c45)ncc23)C1. The zero-order chi connectivity index (χ0) is 33.0. The number of aromatic nitrogens is 3. The van der Waals surface area contributed by atoms with Crippen molar-refractivity contribution in [3.63, 3.8) is 0 Å². The van der Waals surface area contributed by atoms with Crippen LogP contribution in [0.4, 0.5) is 19.0 Å². The third kappa shape index (κ3) is 5.38. The molecule has 3 saturated heterocycles. The predicted molar refractivity (Wildman–Crippen MR) is 176 cm³/mol. The van der Waals surface area contributed by atoms with Gasteiger partial charge >= 0.3 is 0 Å². The number of phenols is 1. The normalized spacial score (nSPS) is 22.8. The molecule has 3 fully saturated rings. The van der Waals surface area contributed by atoms with Crippen LogP contribution in [-0.2, 0) is 17.6 Å². The minimum Gasteiger partial charge on any atom is -0.508 e. The van der Waals surface area contributed by atoms with Crippen LogP contribution < -0.4 is 4.90 Å². The van der Waals surface area contributed by atoms with Crippen LogP contribution in [0.25, 0.3) is 32.9 Å². The van der Waals surface area contributed by atoms with E-state index in [0.717, 1.165) is 19.4 Å². The second-order valence-corrected chi connectivity index (χ2v) is 13.2. The number of halogens is 3. The van der Waals surface area contributed by atoms with Crippen molar-refractivity contribution < 1.29 is 23.1 Å². The fraction of sp³-hybridized carbons (Fsp3) is 0.444. The Balaban J connectivity index is 1.35. The quantitative estimate of drug-likeness (QED) is 0.231. The lowest BCUT2D eigenvalue weighted by molar-refractivity contribution is -0.125. The summed E-state index contributed by atoms with van der Waals surface area (Å²) in [6, 6.07) is 5.78. The molecule has 0 aliphatic carbocycles. The molecule has 0 radical (unpaired) electrons. The van der Waals surface area contributed by atoms with Crippen molar-refractivity contribution in [3.8, 4) is 17.0 Å². The average molecular weight is 645 g/mol. The molecule has 47 heavy (non-hydrogen) atoms. The van der Waals surface area contributed by atoms with E-state index >= 15 is 4.39 Å². The molecule has 1 amide bonds. The molecular weight excluding hydrogens is 605 g/mol. The van der Waals surface area contributed by atoms with Crippen LogP contribution in [0.2, 0.25) is 0 Å². The number of anilines is 1. The van der Waals surface area contributed by atoms with Gasteiger partial charge in [-0.25, -0.2) is 23.1 Å². The van der Waals surface area contributed by atoms with Crippen molar-refractivity contribution in [2.24, 2.45) is 0 Å². The number of aromatic hydroxyl groups is 1. The fourth-order valence-corrected chi connectivity index (χ4v) is 8.20. The molecule has 3 atom stereocenters. The number of hydrogen-bond acceptors (Lipinski definition) is 7. The Kier molecular flexibility index (Phi) is 8.06. The van der Waals surface area contributed by atoms with Gasteiger partial charge in [0, 0.05) is 56.4 Å². The van der Waals surface area contributed by atoms with Gasteiger partial charge in [0.1, 0.15) is 40.6 Å². The zero-order valence-corrected chi connectivity index (χ0v) is 26.8. The maximum atomic E-state index is 16.9. The first-order valence-corrected chi connectivity index (χ1v) is 16.5. The van der Waals surface area contributed by atoms with E-state index in [1.165, 1.54) is 30.5 Å². The average Bonchev–Trinajstić information content (AvgIpc) is 3.78. The van der Waals surface area contributed by atoms with E-state index in [4.69, 9.17) is 9.97 Å². The van der Waals surface area contributed by atoms with E-state index in [2.05, 4.69) is 16.5 Å². The van der Waals surface area contributed by atoms with Crippen LogP contribution in [0, 0.1) is 11.6 Å². The van der Waals surface area contributed by atoms with Gasteiger partial charge in [-0.15, -0.1) is 0 Å². The Bertz CT molecular complexity index is 1900. The largest absolute Gasteiger partial charge is 0.508 e. The molecular formula is C36H39F3N6O2. The molecule has 4 aromatic rings. The summed E-state index contributed by atoms with van der Waals surface area (Å²) in [5.74, 6) is -0.399. The van der Waals surface area contributed by atoms with Gasteiger partial charge in [-0.05, 0) is 85.7 Å². The van der Waals surface area contributed by atoms with Crippen molar-refractivity contribution in [1.29, 1.82) is 0 Å². The molecule has 3 aliphatic heterocycles. The Labute approximate surface area is 271 Å². The molecule has 246 valence electrons. The smallest absolute Gasteiger partial charge is 0.246 e. The van der Waals surface area contributed by atoms with Gasteiger partial charge in [-0.1, -0.05) is 19.6 Å². The highest BCUT2D eigenvalue weighted by molar-refractivity contribution is 6.01. The van der Waals surface area contributed by atoms with Crippen LogP contribution in [0.5, 0.6) is 5.75 Å². The van der Waals surface area contributed by atoms with Gasteiger partial charge in [-0.2, -0.15) is 0 Å². The number of fused-ring (bicyclic) bond motifs is 3. The Morgan fingerprint density at radius 2 is 2.04 bits per heavy atom. The molecule has 2 aromatic carbocycles. The second kappa shape index (κ2) is 12.1. The molecule has 3 aliphatic rings. The van der Waals surface area contributed by atoms with Crippen LogP contribution in [0.3, 0.4) is 0 Å². The van der Waals surface area contributed by atoms with Crippen molar-refractivity contribution >= 4 is 33.4 Å². The molecule has 0 spiro atoms. The molecule has 8 nitrogen and oxygen atoms in total. The van der Waals surface area contributed by atoms with E-state index in [9.17, 15) is 18.7 Å². The number of phenolic OH excluding ortho intramolecular Hbond substituents is 1. The van der Waals surface area contributed by atoms with Gasteiger partial charge in [0.25, 0.3) is 0 Å². The highest BCUT2D eigenvalue weighted by atomic mass is 19.1. The van der Waals surface area contributed by atoms with E-state index < -0.39 is 17.8 Å². The van der Waals surface area contributed by atoms with Crippen molar-refractivity contribution in [2.45, 2.75) is 69.6 Å². The number of carbonyl (C=O) groups is 1. The van der Waals surface area contributed by atoms with Gasteiger partial charge < -0.3 is 14.9 Å². The number of likely N-dealkylation sites (tertiary alicyclic amines) is 1. The van der Waals surface area contributed by atoms with Gasteiger partial charge in [-0.3, -0.25) is 14.7 Å².